The second-order valence-electron chi connectivity index (χ2n) is 10.5. The third-order valence-electron chi connectivity index (χ3n) is 7.27. The van der Waals surface area contributed by atoms with E-state index < -0.39 is 12.2 Å². The van der Waals surface area contributed by atoms with E-state index in [1.54, 1.807) is 17.2 Å². The SMILES string of the molecule is O=C(CCCCC(=O)NCc1cccc(-c2ccc([C@H]3O[C@@H](CSCCO)C[C@@H](c4ccc(CO)cc4)O3)cc2)c1)NO. The fourth-order valence-corrected chi connectivity index (χ4v) is 5.68. The molecule has 0 saturated carbocycles. The van der Waals surface area contributed by atoms with E-state index in [0.717, 1.165) is 39.1 Å². The molecule has 0 bridgehead atoms. The number of aliphatic hydroxyl groups is 2. The summed E-state index contributed by atoms with van der Waals surface area (Å²) in [7, 11) is 0. The molecular weight excluding hydrogens is 568 g/mol. The maximum Gasteiger partial charge on any atom is 0.243 e. The molecule has 230 valence electrons. The molecule has 1 aliphatic rings. The van der Waals surface area contributed by atoms with Crippen molar-refractivity contribution in [3.8, 4) is 11.1 Å². The molecule has 1 fully saturated rings. The largest absolute Gasteiger partial charge is 0.396 e. The van der Waals surface area contributed by atoms with Crippen LogP contribution in [-0.4, -0.2) is 51.5 Å². The van der Waals surface area contributed by atoms with E-state index in [1.165, 1.54) is 0 Å². The minimum atomic E-state index is -0.537. The first-order valence-corrected chi connectivity index (χ1v) is 15.7. The van der Waals surface area contributed by atoms with Gasteiger partial charge in [0.05, 0.1) is 25.4 Å². The van der Waals surface area contributed by atoms with Gasteiger partial charge in [0.15, 0.2) is 6.29 Å². The minimum absolute atomic E-state index is 0.00307. The van der Waals surface area contributed by atoms with Gasteiger partial charge in [0, 0.05) is 42.9 Å². The fourth-order valence-electron chi connectivity index (χ4n) is 4.91. The summed E-state index contributed by atoms with van der Waals surface area (Å²) in [6, 6.07) is 23.9. The first kappa shape index (κ1) is 32.7. The Morgan fingerprint density at radius 1 is 0.837 bits per heavy atom. The number of ether oxygens (including phenoxy) is 2. The van der Waals surface area contributed by atoms with Crippen LogP contribution in [0.2, 0.25) is 0 Å². The molecule has 2 amide bonds. The average Bonchev–Trinajstić information content (AvgIpc) is 3.06. The summed E-state index contributed by atoms with van der Waals surface area (Å²) in [5.41, 5.74) is 7.43. The quantitative estimate of drug-likeness (QED) is 0.0943. The van der Waals surface area contributed by atoms with Crippen LogP contribution in [0.15, 0.2) is 72.8 Å². The zero-order valence-electron chi connectivity index (χ0n) is 24.1. The summed E-state index contributed by atoms with van der Waals surface area (Å²) < 4.78 is 12.8. The molecular formula is C33H40N2O7S. The summed E-state index contributed by atoms with van der Waals surface area (Å²) in [6.07, 6.45) is 1.58. The summed E-state index contributed by atoms with van der Waals surface area (Å²) in [4.78, 5) is 23.3. The second-order valence-corrected chi connectivity index (χ2v) is 11.6. The van der Waals surface area contributed by atoms with Crippen molar-refractivity contribution in [2.75, 3.05) is 18.1 Å². The second kappa shape index (κ2) is 17.1. The number of benzene rings is 3. The van der Waals surface area contributed by atoms with Crippen molar-refractivity contribution in [2.45, 2.75) is 63.8 Å². The number of hydroxylamine groups is 1. The normalized spacial score (nSPS) is 18.3. The van der Waals surface area contributed by atoms with E-state index in [0.29, 0.717) is 38.0 Å². The molecule has 43 heavy (non-hydrogen) atoms. The smallest absolute Gasteiger partial charge is 0.243 e. The Labute approximate surface area is 256 Å². The van der Waals surface area contributed by atoms with Gasteiger partial charge in [0.1, 0.15) is 0 Å². The molecule has 0 aromatic heterocycles. The van der Waals surface area contributed by atoms with Crippen molar-refractivity contribution in [1.82, 2.24) is 10.8 Å². The lowest BCUT2D eigenvalue weighted by Gasteiger charge is -2.36. The number of thioether (sulfide) groups is 1. The number of hydrogen-bond acceptors (Lipinski definition) is 8. The van der Waals surface area contributed by atoms with Crippen LogP contribution in [0.1, 0.15) is 66.8 Å². The number of hydrogen-bond donors (Lipinski definition) is 5. The van der Waals surface area contributed by atoms with E-state index in [1.807, 2.05) is 66.7 Å². The topological polar surface area (TPSA) is 137 Å². The lowest BCUT2D eigenvalue weighted by atomic mass is 9.99. The van der Waals surface area contributed by atoms with E-state index >= 15 is 0 Å². The molecule has 9 nitrogen and oxygen atoms in total. The highest BCUT2D eigenvalue weighted by Gasteiger charge is 2.32. The van der Waals surface area contributed by atoms with Gasteiger partial charge in [-0.1, -0.05) is 66.7 Å². The molecule has 1 aliphatic heterocycles. The lowest BCUT2D eigenvalue weighted by molar-refractivity contribution is -0.245. The van der Waals surface area contributed by atoms with Gasteiger partial charge >= 0.3 is 0 Å². The number of rotatable bonds is 15. The number of carbonyl (C=O) groups is 2. The summed E-state index contributed by atoms with van der Waals surface area (Å²) in [5.74, 6) is 0.885. The molecule has 0 radical (unpaired) electrons. The molecule has 3 aromatic rings. The zero-order valence-corrected chi connectivity index (χ0v) is 24.9. The third-order valence-corrected chi connectivity index (χ3v) is 8.35. The van der Waals surface area contributed by atoms with Crippen molar-refractivity contribution in [3.05, 3.63) is 95.1 Å². The van der Waals surface area contributed by atoms with E-state index in [2.05, 4.69) is 11.4 Å². The fraction of sp³-hybridized carbons (Fsp3) is 0.394. The van der Waals surface area contributed by atoms with Crippen LogP contribution in [0.3, 0.4) is 0 Å². The Balaban J connectivity index is 1.37. The van der Waals surface area contributed by atoms with Gasteiger partial charge in [-0.15, -0.1) is 0 Å². The molecule has 10 heteroatoms. The summed E-state index contributed by atoms with van der Waals surface area (Å²) in [5, 5.41) is 30.1. The highest BCUT2D eigenvalue weighted by Crippen LogP contribution is 2.39. The van der Waals surface area contributed by atoms with Crippen LogP contribution < -0.4 is 10.8 Å². The Morgan fingerprint density at radius 2 is 1.56 bits per heavy atom. The summed E-state index contributed by atoms with van der Waals surface area (Å²) >= 11 is 1.66. The van der Waals surface area contributed by atoms with Gasteiger partial charge in [0.2, 0.25) is 11.8 Å². The maximum atomic E-state index is 12.2. The van der Waals surface area contributed by atoms with Gasteiger partial charge in [-0.25, -0.2) is 5.48 Å². The van der Waals surface area contributed by atoms with Crippen LogP contribution in [0, 0.1) is 0 Å². The minimum Gasteiger partial charge on any atom is -0.396 e. The number of amides is 2. The van der Waals surface area contributed by atoms with Crippen molar-refractivity contribution in [3.63, 3.8) is 0 Å². The molecule has 3 aromatic carbocycles. The highest BCUT2D eigenvalue weighted by atomic mass is 32.2. The molecule has 1 saturated heterocycles. The summed E-state index contributed by atoms with van der Waals surface area (Å²) in [6.45, 7) is 0.532. The lowest BCUT2D eigenvalue weighted by Crippen LogP contribution is -2.31. The van der Waals surface area contributed by atoms with Crippen LogP contribution in [0.5, 0.6) is 0 Å². The van der Waals surface area contributed by atoms with Crippen LogP contribution in [0.4, 0.5) is 0 Å². The predicted molar refractivity (Wildman–Crippen MR) is 165 cm³/mol. The number of unbranched alkanes of at least 4 members (excludes halogenated alkanes) is 1. The predicted octanol–water partition coefficient (Wildman–Crippen LogP) is 4.80. The molecule has 0 spiro atoms. The Bertz CT molecular complexity index is 1300. The number of nitrogens with one attached hydrogen (secondary N) is 2. The Morgan fingerprint density at radius 3 is 2.26 bits per heavy atom. The molecule has 1 heterocycles. The van der Waals surface area contributed by atoms with Crippen LogP contribution in [0.25, 0.3) is 11.1 Å². The molecule has 4 rings (SSSR count). The van der Waals surface area contributed by atoms with E-state index in [4.69, 9.17) is 14.7 Å². The molecule has 3 atom stereocenters. The van der Waals surface area contributed by atoms with Gasteiger partial charge in [0.25, 0.3) is 0 Å². The third kappa shape index (κ3) is 10.2. The van der Waals surface area contributed by atoms with Crippen LogP contribution in [-0.2, 0) is 32.2 Å². The Kier molecular flexibility index (Phi) is 13.0. The number of carbonyl (C=O) groups excluding carboxylic acids is 2. The molecule has 0 aliphatic carbocycles. The zero-order chi connectivity index (χ0) is 30.4. The van der Waals surface area contributed by atoms with Gasteiger partial charge in [-0.2, -0.15) is 11.8 Å². The van der Waals surface area contributed by atoms with Gasteiger partial charge in [-0.05, 0) is 46.7 Å². The van der Waals surface area contributed by atoms with E-state index in [9.17, 15) is 19.8 Å². The molecule has 0 unspecified atom stereocenters. The average molecular weight is 609 g/mol. The highest BCUT2D eigenvalue weighted by molar-refractivity contribution is 7.99. The van der Waals surface area contributed by atoms with E-state index in [-0.39, 0.29) is 37.7 Å². The van der Waals surface area contributed by atoms with Crippen molar-refractivity contribution < 1.29 is 34.5 Å². The molecule has 5 N–H and O–H groups in total. The monoisotopic (exact) mass is 608 g/mol. The Hall–Kier alpha value is -3.25. The van der Waals surface area contributed by atoms with Gasteiger partial charge < -0.3 is 25.0 Å². The van der Waals surface area contributed by atoms with Crippen molar-refractivity contribution in [1.29, 1.82) is 0 Å². The first-order valence-electron chi connectivity index (χ1n) is 14.6. The first-order chi connectivity index (χ1) is 21.0. The van der Waals surface area contributed by atoms with Gasteiger partial charge in [-0.3, -0.25) is 14.8 Å². The maximum absolute atomic E-state index is 12.2. The van der Waals surface area contributed by atoms with Crippen molar-refractivity contribution in [2.24, 2.45) is 0 Å². The van der Waals surface area contributed by atoms with Crippen molar-refractivity contribution >= 4 is 23.6 Å². The van der Waals surface area contributed by atoms with Crippen LogP contribution >= 0.6 is 11.8 Å². The standard InChI is InChI=1S/C33H40N2O7S/c36-16-17-43-22-29-19-30(26-10-8-23(21-37)9-11-26)42-33(41-29)27-14-12-25(13-15-27)28-5-3-4-24(18-28)20-34-31(38)6-1-2-7-32(39)35-40/h3-5,8-15,18,29-30,33,36-37,40H,1-2,6-7,16-17,19-22H2,(H,34,38)(H,35,39)/t29-,30+,33+/m1/s1. The number of aliphatic hydroxyl groups excluding tert-OH is 2.